The molecule has 5 nitrogen and oxygen atoms in total. The van der Waals surface area contributed by atoms with Crippen LogP contribution >= 0.6 is 0 Å². The average molecular weight is 164 g/mol. The van der Waals surface area contributed by atoms with Gasteiger partial charge in [-0.3, -0.25) is 0 Å². The van der Waals surface area contributed by atoms with Gasteiger partial charge in [-0.25, -0.2) is 0 Å². The summed E-state index contributed by atoms with van der Waals surface area (Å²) in [5.41, 5.74) is 0. The second-order valence-corrected chi connectivity index (χ2v) is 2.62. The molecule has 1 aliphatic heterocycles. The van der Waals surface area contributed by atoms with Crippen LogP contribution in [0.4, 0.5) is 0 Å². The van der Waals surface area contributed by atoms with Gasteiger partial charge in [0, 0.05) is 6.42 Å². The Bertz CT molecular complexity index is 116. The van der Waals surface area contributed by atoms with E-state index in [9.17, 15) is 0 Å². The van der Waals surface area contributed by atoms with E-state index in [0.717, 1.165) is 0 Å². The van der Waals surface area contributed by atoms with Crippen LogP contribution in [0.1, 0.15) is 6.42 Å². The lowest BCUT2D eigenvalue weighted by Crippen LogP contribution is -2.49. The second kappa shape index (κ2) is 3.46. The number of aliphatic hydroxyl groups is 4. The highest BCUT2D eigenvalue weighted by molar-refractivity contribution is 4.79. The Morgan fingerprint density at radius 2 is 1.91 bits per heavy atom. The molecule has 0 bridgehead atoms. The summed E-state index contributed by atoms with van der Waals surface area (Å²) in [6.45, 7) is -0.263. The third-order valence-corrected chi connectivity index (χ3v) is 1.73. The van der Waals surface area contributed by atoms with Crippen LogP contribution in [0.2, 0.25) is 0 Å². The van der Waals surface area contributed by atoms with E-state index < -0.39 is 24.6 Å². The van der Waals surface area contributed by atoms with Crippen LogP contribution in [-0.2, 0) is 4.74 Å². The second-order valence-electron chi connectivity index (χ2n) is 2.62. The van der Waals surface area contributed by atoms with Crippen molar-refractivity contribution < 1.29 is 25.2 Å². The SMILES string of the molecule is OCC1C[C@H](O)C(O)[C@H](O)O1. The minimum Gasteiger partial charge on any atom is -0.394 e. The maximum absolute atomic E-state index is 9.05. The van der Waals surface area contributed by atoms with Gasteiger partial charge in [0.1, 0.15) is 6.10 Å². The van der Waals surface area contributed by atoms with Crippen molar-refractivity contribution >= 4 is 0 Å². The van der Waals surface area contributed by atoms with Gasteiger partial charge in [0.2, 0.25) is 0 Å². The summed E-state index contributed by atoms with van der Waals surface area (Å²) in [5, 5.41) is 35.5. The predicted molar refractivity (Wildman–Crippen MR) is 34.6 cm³/mol. The summed E-state index contributed by atoms with van der Waals surface area (Å²) in [6, 6.07) is 0. The summed E-state index contributed by atoms with van der Waals surface area (Å²) in [6.07, 6.45) is -4.11. The van der Waals surface area contributed by atoms with Crippen molar-refractivity contribution in [3.05, 3.63) is 0 Å². The topological polar surface area (TPSA) is 90.2 Å². The van der Waals surface area contributed by atoms with Crippen molar-refractivity contribution in [2.24, 2.45) is 0 Å². The lowest BCUT2D eigenvalue weighted by molar-refractivity contribution is -0.251. The van der Waals surface area contributed by atoms with Gasteiger partial charge in [-0.1, -0.05) is 0 Å². The van der Waals surface area contributed by atoms with E-state index in [1.54, 1.807) is 0 Å². The van der Waals surface area contributed by atoms with Gasteiger partial charge in [-0.05, 0) is 0 Å². The Labute approximate surface area is 63.8 Å². The molecule has 1 saturated heterocycles. The minimum atomic E-state index is -1.39. The predicted octanol–water partition coefficient (Wildman–Crippen LogP) is -2.19. The van der Waals surface area contributed by atoms with Crippen molar-refractivity contribution in [2.45, 2.75) is 31.0 Å². The first kappa shape index (κ1) is 8.89. The Morgan fingerprint density at radius 3 is 2.36 bits per heavy atom. The molecule has 0 saturated carbocycles. The molecular formula is C6H12O5. The van der Waals surface area contributed by atoms with Crippen LogP contribution in [0.5, 0.6) is 0 Å². The molecule has 1 aliphatic rings. The molecule has 66 valence electrons. The quantitative estimate of drug-likeness (QED) is 0.353. The highest BCUT2D eigenvalue weighted by atomic mass is 16.6. The minimum absolute atomic E-state index is 0.148. The molecule has 1 fully saturated rings. The summed E-state index contributed by atoms with van der Waals surface area (Å²) in [5.74, 6) is 0. The molecule has 1 heterocycles. The molecular weight excluding hydrogens is 152 g/mol. The van der Waals surface area contributed by atoms with Gasteiger partial charge in [-0.2, -0.15) is 0 Å². The molecule has 5 heteroatoms. The fourth-order valence-corrected chi connectivity index (χ4v) is 1.05. The molecule has 0 aromatic rings. The van der Waals surface area contributed by atoms with E-state index in [1.807, 2.05) is 0 Å². The molecule has 0 aliphatic carbocycles. The van der Waals surface area contributed by atoms with Gasteiger partial charge < -0.3 is 25.2 Å². The van der Waals surface area contributed by atoms with E-state index in [4.69, 9.17) is 25.2 Å². The molecule has 0 amide bonds. The van der Waals surface area contributed by atoms with Crippen LogP contribution in [-0.4, -0.2) is 51.6 Å². The highest BCUT2D eigenvalue weighted by Gasteiger charge is 2.34. The van der Waals surface area contributed by atoms with E-state index in [2.05, 4.69) is 0 Å². The zero-order chi connectivity index (χ0) is 8.43. The van der Waals surface area contributed by atoms with Crippen molar-refractivity contribution in [2.75, 3.05) is 6.61 Å². The molecule has 4 atom stereocenters. The fourth-order valence-electron chi connectivity index (χ4n) is 1.05. The Kier molecular flexibility index (Phi) is 2.80. The number of hydrogen-bond donors (Lipinski definition) is 4. The molecule has 0 aromatic heterocycles. The maximum Gasteiger partial charge on any atom is 0.183 e. The van der Waals surface area contributed by atoms with Crippen LogP contribution in [0, 0.1) is 0 Å². The molecule has 0 spiro atoms. The van der Waals surface area contributed by atoms with Crippen LogP contribution in [0.15, 0.2) is 0 Å². The number of rotatable bonds is 1. The number of ether oxygens (including phenoxy) is 1. The first-order valence-electron chi connectivity index (χ1n) is 3.45. The van der Waals surface area contributed by atoms with E-state index in [1.165, 1.54) is 0 Å². The summed E-state index contributed by atoms with van der Waals surface area (Å²) in [4.78, 5) is 0. The molecule has 2 unspecified atom stereocenters. The molecule has 0 aromatic carbocycles. The van der Waals surface area contributed by atoms with Crippen molar-refractivity contribution in [1.29, 1.82) is 0 Å². The Hall–Kier alpha value is -0.200. The largest absolute Gasteiger partial charge is 0.394 e. The van der Waals surface area contributed by atoms with Crippen molar-refractivity contribution in [3.63, 3.8) is 0 Å². The van der Waals surface area contributed by atoms with E-state index in [-0.39, 0.29) is 13.0 Å². The van der Waals surface area contributed by atoms with Crippen LogP contribution in [0.25, 0.3) is 0 Å². The summed E-state index contributed by atoms with van der Waals surface area (Å²) in [7, 11) is 0. The number of hydrogen-bond acceptors (Lipinski definition) is 5. The molecule has 1 rings (SSSR count). The van der Waals surface area contributed by atoms with Gasteiger partial charge in [0.25, 0.3) is 0 Å². The molecule has 4 N–H and O–H groups in total. The third-order valence-electron chi connectivity index (χ3n) is 1.73. The Balaban J connectivity index is 2.47. The lowest BCUT2D eigenvalue weighted by Gasteiger charge is -2.33. The number of aliphatic hydroxyl groups excluding tert-OH is 4. The molecule has 0 radical (unpaired) electrons. The van der Waals surface area contributed by atoms with Crippen LogP contribution < -0.4 is 0 Å². The van der Waals surface area contributed by atoms with E-state index in [0.29, 0.717) is 0 Å². The van der Waals surface area contributed by atoms with Gasteiger partial charge >= 0.3 is 0 Å². The standard InChI is InChI=1S/C6H12O5/c7-2-3-1-4(8)5(9)6(10)11-3/h3-10H,1-2H2/t3?,4-,5?,6+/m0/s1. The summed E-state index contributed by atoms with van der Waals surface area (Å²) < 4.78 is 4.71. The zero-order valence-corrected chi connectivity index (χ0v) is 5.92. The average Bonchev–Trinajstić information content (AvgIpc) is 1.99. The van der Waals surface area contributed by atoms with Gasteiger partial charge in [-0.15, -0.1) is 0 Å². The van der Waals surface area contributed by atoms with Crippen molar-refractivity contribution in [3.8, 4) is 0 Å². The van der Waals surface area contributed by atoms with Gasteiger partial charge in [0.05, 0.1) is 18.8 Å². The highest BCUT2D eigenvalue weighted by Crippen LogP contribution is 2.17. The zero-order valence-electron chi connectivity index (χ0n) is 5.92. The summed E-state index contributed by atoms with van der Waals surface area (Å²) >= 11 is 0. The normalized spacial score (nSPS) is 45.8. The van der Waals surface area contributed by atoms with Gasteiger partial charge in [0.15, 0.2) is 6.29 Å². The smallest absolute Gasteiger partial charge is 0.183 e. The monoisotopic (exact) mass is 164 g/mol. The Morgan fingerprint density at radius 1 is 1.27 bits per heavy atom. The first-order valence-corrected chi connectivity index (χ1v) is 3.45. The lowest BCUT2D eigenvalue weighted by atomic mass is 10.0. The molecule has 11 heavy (non-hydrogen) atoms. The van der Waals surface area contributed by atoms with Crippen molar-refractivity contribution in [1.82, 2.24) is 0 Å². The van der Waals surface area contributed by atoms with E-state index >= 15 is 0 Å². The maximum atomic E-state index is 9.05. The fraction of sp³-hybridized carbons (Fsp3) is 1.00. The van der Waals surface area contributed by atoms with Crippen LogP contribution in [0.3, 0.4) is 0 Å². The first-order chi connectivity index (χ1) is 5.15. The third kappa shape index (κ3) is 1.88.